The lowest BCUT2D eigenvalue weighted by Crippen LogP contribution is -1.85. The monoisotopic (exact) mass is 235 g/mol. The first-order valence-corrected chi connectivity index (χ1v) is 6.52. The molecule has 3 heteroatoms. The lowest BCUT2D eigenvalue weighted by molar-refractivity contribution is 0.923. The standard InChI is InChI=1S/C12H13NS2/c14-8-4-7-12-13-11(9-15-12)10-5-2-1-3-6-10/h1-3,5-6,9,14H,4,7-8H2. The van der Waals surface area contributed by atoms with E-state index in [4.69, 9.17) is 0 Å². The van der Waals surface area contributed by atoms with Crippen LogP contribution in [0.4, 0.5) is 0 Å². The molecule has 0 saturated carbocycles. The van der Waals surface area contributed by atoms with E-state index in [0.717, 1.165) is 24.3 Å². The molecule has 0 fully saturated rings. The summed E-state index contributed by atoms with van der Waals surface area (Å²) in [5.41, 5.74) is 2.29. The van der Waals surface area contributed by atoms with E-state index in [9.17, 15) is 0 Å². The minimum Gasteiger partial charge on any atom is -0.241 e. The molecular formula is C12H13NS2. The smallest absolute Gasteiger partial charge is 0.0932 e. The predicted octanol–water partition coefficient (Wildman–Crippen LogP) is 3.67. The van der Waals surface area contributed by atoms with Gasteiger partial charge in [-0.3, -0.25) is 0 Å². The third-order valence-electron chi connectivity index (χ3n) is 2.17. The molecule has 1 aromatic carbocycles. The fraction of sp³-hybridized carbons (Fsp3) is 0.250. The Morgan fingerprint density at radius 2 is 2.00 bits per heavy atom. The lowest BCUT2D eigenvalue weighted by Gasteiger charge is -1.94. The Labute approximate surface area is 99.6 Å². The van der Waals surface area contributed by atoms with Gasteiger partial charge in [-0.1, -0.05) is 30.3 Å². The van der Waals surface area contributed by atoms with E-state index in [1.807, 2.05) is 18.2 Å². The molecule has 15 heavy (non-hydrogen) atoms. The van der Waals surface area contributed by atoms with Crippen LogP contribution in [0, 0.1) is 0 Å². The molecule has 1 heterocycles. The third-order valence-corrected chi connectivity index (χ3v) is 3.39. The van der Waals surface area contributed by atoms with Gasteiger partial charge in [-0.15, -0.1) is 11.3 Å². The van der Waals surface area contributed by atoms with E-state index in [1.165, 1.54) is 10.6 Å². The van der Waals surface area contributed by atoms with Crippen LogP contribution in [0.3, 0.4) is 0 Å². The van der Waals surface area contributed by atoms with Crippen molar-refractivity contribution in [2.45, 2.75) is 12.8 Å². The molecule has 0 spiro atoms. The van der Waals surface area contributed by atoms with E-state index >= 15 is 0 Å². The van der Waals surface area contributed by atoms with Crippen molar-refractivity contribution < 1.29 is 0 Å². The summed E-state index contributed by atoms with van der Waals surface area (Å²) >= 11 is 5.94. The molecule has 0 bridgehead atoms. The summed E-state index contributed by atoms with van der Waals surface area (Å²) in [6.07, 6.45) is 2.14. The van der Waals surface area contributed by atoms with Crippen molar-refractivity contribution in [1.82, 2.24) is 4.98 Å². The SMILES string of the molecule is SCCCc1nc(-c2ccccc2)cs1. The highest BCUT2D eigenvalue weighted by molar-refractivity contribution is 7.80. The van der Waals surface area contributed by atoms with Gasteiger partial charge in [0.15, 0.2) is 0 Å². The van der Waals surface area contributed by atoms with Gasteiger partial charge in [0, 0.05) is 17.4 Å². The van der Waals surface area contributed by atoms with Gasteiger partial charge in [0.25, 0.3) is 0 Å². The van der Waals surface area contributed by atoms with Crippen molar-refractivity contribution in [3.8, 4) is 11.3 Å². The van der Waals surface area contributed by atoms with Crippen molar-refractivity contribution >= 4 is 24.0 Å². The zero-order chi connectivity index (χ0) is 10.5. The first-order valence-electron chi connectivity index (χ1n) is 5.01. The average molecular weight is 235 g/mol. The first-order chi connectivity index (χ1) is 7.40. The molecule has 0 saturated heterocycles. The maximum Gasteiger partial charge on any atom is 0.0932 e. The molecule has 78 valence electrons. The lowest BCUT2D eigenvalue weighted by atomic mass is 10.2. The highest BCUT2D eigenvalue weighted by atomic mass is 32.1. The van der Waals surface area contributed by atoms with Gasteiger partial charge in [-0.05, 0) is 12.2 Å². The number of aromatic nitrogens is 1. The van der Waals surface area contributed by atoms with E-state index in [2.05, 4.69) is 35.1 Å². The minimum atomic E-state index is 0.931. The molecule has 1 nitrogen and oxygen atoms in total. The Kier molecular flexibility index (Phi) is 3.80. The molecule has 0 unspecified atom stereocenters. The highest BCUT2D eigenvalue weighted by Crippen LogP contribution is 2.22. The second-order valence-corrected chi connectivity index (χ2v) is 4.71. The van der Waals surface area contributed by atoms with E-state index in [0.29, 0.717) is 0 Å². The Bertz CT molecular complexity index is 409. The summed E-state index contributed by atoms with van der Waals surface area (Å²) in [5, 5.41) is 3.34. The second-order valence-electron chi connectivity index (χ2n) is 3.32. The summed E-state index contributed by atoms with van der Waals surface area (Å²) < 4.78 is 0. The number of hydrogen-bond acceptors (Lipinski definition) is 3. The van der Waals surface area contributed by atoms with Gasteiger partial charge in [0.1, 0.15) is 0 Å². The zero-order valence-corrected chi connectivity index (χ0v) is 10.1. The van der Waals surface area contributed by atoms with Crippen LogP contribution in [0.15, 0.2) is 35.7 Å². The molecule has 2 aromatic rings. The van der Waals surface area contributed by atoms with E-state index in [-0.39, 0.29) is 0 Å². The van der Waals surface area contributed by atoms with Crippen LogP contribution in [-0.2, 0) is 6.42 Å². The number of nitrogens with zero attached hydrogens (tertiary/aromatic N) is 1. The molecule has 2 rings (SSSR count). The fourth-order valence-electron chi connectivity index (χ4n) is 1.40. The Morgan fingerprint density at radius 1 is 1.20 bits per heavy atom. The Balaban J connectivity index is 2.14. The molecule has 0 atom stereocenters. The van der Waals surface area contributed by atoms with Crippen molar-refractivity contribution in [1.29, 1.82) is 0 Å². The van der Waals surface area contributed by atoms with Crippen LogP contribution in [-0.4, -0.2) is 10.7 Å². The number of thiol groups is 1. The van der Waals surface area contributed by atoms with Crippen molar-refractivity contribution in [2.24, 2.45) is 0 Å². The molecule has 0 N–H and O–H groups in total. The number of rotatable bonds is 4. The van der Waals surface area contributed by atoms with Gasteiger partial charge in [0.2, 0.25) is 0 Å². The largest absolute Gasteiger partial charge is 0.241 e. The zero-order valence-electron chi connectivity index (χ0n) is 8.39. The average Bonchev–Trinajstić information content (AvgIpc) is 2.76. The topological polar surface area (TPSA) is 12.9 Å². The van der Waals surface area contributed by atoms with Crippen molar-refractivity contribution in [3.05, 3.63) is 40.7 Å². The van der Waals surface area contributed by atoms with Crippen molar-refractivity contribution in [2.75, 3.05) is 5.75 Å². The normalized spacial score (nSPS) is 10.5. The van der Waals surface area contributed by atoms with Gasteiger partial charge in [-0.2, -0.15) is 12.6 Å². The van der Waals surface area contributed by atoms with Gasteiger partial charge in [0.05, 0.1) is 10.7 Å². The van der Waals surface area contributed by atoms with Crippen LogP contribution in [0.25, 0.3) is 11.3 Å². The maximum absolute atomic E-state index is 4.60. The van der Waals surface area contributed by atoms with Crippen LogP contribution < -0.4 is 0 Å². The number of thiazole rings is 1. The minimum absolute atomic E-state index is 0.931. The fourth-order valence-corrected chi connectivity index (χ4v) is 2.41. The summed E-state index contributed by atoms with van der Waals surface area (Å²) in [6.45, 7) is 0. The van der Waals surface area contributed by atoms with Gasteiger partial charge < -0.3 is 0 Å². The molecule has 0 aliphatic rings. The molecule has 0 aliphatic carbocycles. The van der Waals surface area contributed by atoms with E-state index < -0.39 is 0 Å². The second kappa shape index (κ2) is 5.33. The summed E-state index contributed by atoms with van der Waals surface area (Å²) in [7, 11) is 0. The highest BCUT2D eigenvalue weighted by Gasteiger charge is 2.03. The third kappa shape index (κ3) is 2.83. The summed E-state index contributed by atoms with van der Waals surface area (Å²) in [4.78, 5) is 4.60. The molecular weight excluding hydrogens is 222 g/mol. The van der Waals surface area contributed by atoms with Crippen LogP contribution in [0.5, 0.6) is 0 Å². The quantitative estimate of drug-likeness (QED) is 0.798. The number of hydrogen-bond donors (Lipinski definition) is 1. The number of aryl methyl sites for hydroxylation is 1. The maximum atomic E-state index is 4.60. The van der Waals surface area contributed by atoms with Crippen LogP contribution in [0.1, 0.15) is 11.4 Å². The molecule has 0 amide bonds. The predicted molar refractivity (Wildman–Crippen MR) is 69.7 cm³/mol. The Morgan fingerprint density at radius 3 is 2.73 bits per heavy atom. The summed E-state index contributed by atoms with van der Waals surface area (Å²) in [5.74, 6) is 0.931. The number of benzene rings is 1. The molecule has 0 radical (unpaired) electrons. The van der Waals surface area contributed by atoms with E-state index in [1.54, 1.807) is 11.3 Å². The first kappa shape index (κ1) is 10.7. The van der Waals surface area contributed by atoms with Crippen LogP contribution in [0.2, 0.25) is 0 Å². The molecule has 1 aromatic heterocycles. The summed E-state index contributed by atoms with van der Waals surface area (Å²) in [6, 6.07) is 10.3. The Hall–Kier alpha value is -0.800. The van der Waals surface area contributed by atoms with Crippen molar-refractivity contribution in [3.63, 3.8) is 0 Å². The molecule has 0 aliphatic heterocycles. The van der Waals surface area contributed by atoms with Gasteiger partial charge in [-0.25, -0.2) is 4.98 Å². The van der Waals surface area contributed by atoms with Crippen LogP contribution >= 0.6 is 24.0 Å². The van der Waals surface area contributed by atoms with Gasteiger partial charge >= 0.3 is 0 Å².